The minimum Gasteiger partial charge on any atom is -0.341 e. The maximum Gasteiger partial charge on any atom is 0.294 e. The summed E-state index contributed by atoms with van der Waals surface area (Å²) in [5.41, 5.74) is 0.502. The Kier molecular flexibility index (Phi) is 5.22. The molecule has 0 atom stereocenters. The first-order valence-electron chi connectivity index (χ1n) is 8.23. The molecule has 0 N–H and O–H groups in total. The SMILES string of the molecule is CC1CCN(C(=O)CN2C(=O)S/C(=C/c3cccc(F)c3)C2=O)CC1. The average molecular weight is 362 g/mol. The second-order valence-electron chi connectivity index (χ2n) is 6.39. The van der Waals surface area contributed by atoms with Gasteiger partial charge in [0.2, 0.25) is 5.91 Å². The van der Waals surface area contributed by atoms with Crippen molar-refractivity contribution in [1.29, 1.82) is 0 Å². The van der Waals surface area contributed by atoms with Gasteiger partial charge in [0, 0.05) is 13.1 Å². The van der Waals surface area contributed by atoms with Crippen LogP contribution in [0.5, 0.6) is 0 Å². The van der Waals surface area contributed by atoms with Crippen molar-refractivity contribution in [3.05, 3.63) is 40.6 Å². The Hall–Kier alpha value is -2.15. The molecule has 1 aromatic carbocycles. The summed E-state index contributed by atoms with van der Waals surface area (Å²) in [6, 6.07) is 5.78. The van der Waals surface area contributed by atoms with E-state index in [1.807, 2.05) is 0 Å². The van der Waals surface area contributed by atoms with Crippen LogP contribution in [0.3, 0.4) is 0 Å². The number of thioether (sulfide) groups is 1. The molecule has 0 bridgehead atoms. The molecular weight excluding hydrogens is 343 g/mol. The fourth-order valence-electron chi connectivity index (χ4n) is 2.88. The zero-order chi connectivity index (χ0) is 18.0. The van der Waals surface area contributed by atoms with Gasteiger partial charge in [0.25, 0.3) is 11.1 Å². The molecule has 2 heterocycles. The van der Waals surface area contributed by atoms with Crippen LogP contribution >= 0.6 is 11.8 Å². The third-order valence-electron chi connectivity index (χ3n) is 4.45. The van der Waals surface area contributed by atoms with E-state index in [0.717, 1.165) is 29.5 Å². The number of hydrogen-bond acceptors (Lipinski definition) is 4. The van der Waals surface area contributed by atoms with Crippen molar-refractivity contribution in [2.45, 2.75) is 19.8 Å². The number of hydrogen-bond donors (Lipinski definition) is 0. The van der Waals surface area contributed by atoms with Gasteiger partial charge in [-0.3, -0.25) is 19.3 Å². The van der Waals surface area contributed by atoms with E-state index >= 15 is 0 Å². The third-order valence-corrected chi connectivity index (χ3v) is 5.36. The van der Waals surface area contributed by atoms with Gasteiger partial charge in [0.05, 0.1) is 4.91 Å². The fraction of sp³-hybridized carbons (Fsp3) is 0.389. The van der Waals surface area contributed by atoms with Gasteiger partial charge in [0.15, 0.2) is 0 Å². The zero-order valence-electron chi connectivity index (χ0n) is 13.9. The number of imide groups is 1. The van der Waals surface area contributed by atoms with Crippen molar-refractivity contribution in [3.8, 4) is 0 Å². The predicted octanol–water partition coefficient (Wildman–Crippen LogP) is 3.12. The molecule has 7 heteroatoms. The van der Waals surface area contributed by atoms with Crippen LogP contribution in [0, 0.1) is 11.7 Å². The van der Waals surface area contributed by atoms with Gasteiger partial charge in [-0.05, 0) is 54.3 Å². The average Bonchev–Trinajstić information content (AvgIpc) is 2.83. The highest BCUT2D eigenvalue weighted by Crippen LogP contribution is 2.32. The van der Waals surface area contributed by atoms with E-state index in [1.54, 1.807) is 11.0 Å². The topological polar surface area (TPSA) is 57.7 Å². The standard InChI is InChI=1S/C18H19FN2O3S/c1-12-5-7-20(8-6-12)16(22)11-21-17(23)15(25-18(21)24)10-13-3-2-4-14(19)9-13/h2-4,9-10,12H,5-8,11H2,1H3/b15-10+. The van der Waals surface area contributed by atoms with E-state index in [-0.39, 0.29) is 17.4 Å². The predicted molar refractivity (Wildman–Crippen MR) is 94.1 cm³/mol. The highest BCUT2D eigenvalue weighted by molar-refractivity contribution is 8.18. The summed E-state index contributed by atoms with van der Waals surface area (Å²) in [5, 5.41) is -0.466. The van der Waals surface area contributed by atoms with Crippen LogP contribution in [-0.2, 0) is 9.59 Å². The third kappa shape index (κ3) is 4.10. The van der Waals surface area contributed by atoms with Gasteiger partial charge >= 0.3 is 0 Å². The minimum absolute atomic E-state index is 0.204. The van der Waals surface area contributed by atoms with Crippen molar-refractivity contribution in [1.82, 2.24) is 9.80 Å². The van der Waals surface area contributed by atoms with Crippen molar-refractivity contribution in [2.24, 2.45) is 5.92 Å². The number of likely N-dealkylation sites (tertiary alicyclic amines) is 1. The van der Waals surface area contributed by atoms with Crippen LogP contribution in [0.1, 0.15) is 25.3 Å². The second kappa shape index (κ2) is 7.39. The van der Waals surface area contributed by atoms with Gasteiger partial charge in [0.1, 0.15) is 12.4 Å². The second-order valence-corrected chi connectivity index (χ2v) is 7.38. The molecule has 0 aromatic heterocycles. The van der Waals surface area contributed by atoms with Gasteiger partial charge in [-0.2, -0.15) is 0 Å². The Morgan fingerprint density at radius 3 is 2.72 bits per heavy atom. The van der Waals surface area contributed by atoms with E-state index in [1.165, 1.54) is 24.3 Å². The summed E-state index contributed by atoms with van der Waals surface area (Å²) in [6.45, 7) is 3.24. The molecule has 0 spiro atoms. The van der Waals surface area contributed by atoms with Crippen LogP contribution in [0.25, 0.3) is 6.08 Å². The summed E-state index contributed by atoms with van der Waals surface area (Å²) >= 11 is 0.777. The van der Waals surface area contributed by atoms with Gasteiger partial charge in [-0.15, -0.1) is 0 Å². The number of piperidine rings is 1. The van der Waals surface area contributed by atoms with Crippen LogP contribution < -0.4 is 0 Å². The molecule has 132 valence electrons. The first-order valence-corrected chi connectivity index (χ1v) is 9.04. The zero-order valence-corrected chi connectivity index (χ0v) is 14.7. The molecule has 2 aliphatic heterocycles. The largest absolute Gasteiger partial charge is 0.341 e. The molecule has 3 rings (SSSR count). The minimum atomic E-state index is -0.502. The monoisotopic (exact) mass is 362 g/mol. The smallest absolute Gasteiger partial charge is 0.294 e. The van der Waals surface area contributed by atoms with Gasteiger partial charge in [-0.25, -0.2) is 4.39 Å². The summed E-state index contributed by atoms with van der Waals surface area (Å²) in [6.07, 6.45) is 3.35. The fourth-order valence-corrected chi connectivity index (χ4v) is 3.72. The van der Waals surface area contributed by atoms with Crippen molar-refractivity contribution < 1.29 is 18.8 Å². The number of benzene rings is 1. The Labute approximate surface area is 149 Å². The number of carbonyl (C=O) groups is 3. The number of rotatable bonds is 3. The molecule has 0 aliphatic carbocycles. The highest BCUT2D eigenvalue weighted by Gasteiger charge is 2.37. The normalized spacial score (nSPS) is 20.6. The summed E-state index contributed by atoms with van der Waals surface area (Å²) < 4.78 is 13.2. The Bertz CT molecular complexity index is 742. The lowest BCUT2D eigenvalue weighted by atomic mass is 9.99. The quantitative estimate of drug-likeness (QED) is 0.775. The molecule has 0 radical (unpaired) electrons. The number of nitrogens with zero attached hydrogens (tertiary/aromatic N) is 2. The molecule has 0 saturated carbocycles. The van der Waals surface area contributed by atoms with E-state index < -0.39 is 17.0 Å². The highest BCUT2D eigenvalue weighted by atomic mass is 32.2. The van der Waals surface area contributed by atoms with Crippen molar-refractivity contribution in [3.63, 3.8) is 0 Å². The molecule has 2 fully saturated rings. The molecule has 2 aliphatic rings. The van der Waals surface area contributed by atoms with Crippen molar-refractivity contribution >= 4 is 34.9 Å². The molecule has 1 aromatic rings. The molecule has 5 nitrogen and oxygen atoms in total. The number of halogens is 1. The Morgan fingerprint density at radius 1 is 1.32 bits per heavy atom. The van der Waals surface area contributed by atoms with Crippen molar-refractivity contribution in [2.75, 3.05) is 19.6 Å². The summed E-state index contributed by atoms with van der Waals surface area (Å²) in [4.78, 5) is 39.8. The van der Waals surface area contributed by atoms with Crippen LogP contribution in [0.15, 0.2) is 29.2 Å². The maximum absolute atomic E-state index is 13.2. The first kappa shape index (κ1) is 17.7. The summed E-state index contributed by atoms with van der Waals surface area (Å²) in [5.74, 6) is -0.530. The van der Waals surface area contributed by atoms with Crippen LogP contribution in [0.4, 0.5) is 9.18 Å². The molecular formula is C18H19FN2O3S. The van der Waals surface area contributed by atoms with E-state index in [4.69, 9.17) is 0 Å². The maximum atomic E-state index is 13.2. The van der Waals surface area contributed by atoms with E-state index in [0.29, 0.717) is 24.6 Å². The first-order chi connectivity index (χ1) is 11.9. The lowest BCUT2D eigenvalue weighted by Crippen LogP contribution is -2.45. The lowest BCUT2D eigenvalue weighted by molar-refractivity contribution is -0.136. The van der Waals surface area contributed by atoms with Crippen LogP contribution in [-0.4, -0.2) is 46.5 Å². The Morgan fingerprint density at radius 2 is 2.04 bits per heavy atom. The number of carbonyl (C=O) groups excluding carboxylic acids is 3. The van der Waals surface area contributed by atoms with Crippen LogP contribution in [0.2, 0.25) is 0 Å². The van der Waals surface area contributed by atoms with E-state index in [2.05, 4.69) is 6.92 Å². The molecule has 25 heavy (non-hydrogen) atoms. The number of amides is 3. The molecule has 3 amide bonds. The lowest BCUT2D eigenvalue weighted by Gasteiger charge is -2.31. The molecule has 0 unspecified atom stereocenters. The van der Waals surface area contributed by atoms with Gasteiger partial charge < -0.3 is 4.90 Å². The summed E-state index contributed by atoms with van der Waals surface area (Å²) in [7, 11) is 0. The Balaban J connectivity index is 1.68. The van der Waals surface area contributed by atoms with E-state index in [9.17, 15) is 18.8 Å². The van der Waals surface area contributed by atoms with Gasteiger partial charge in [-0.1, -0.05) is 19.1 Å². The molecule has 2 saturated heterocycles.